The molecule has 2 aliphatic heterocycles. The van der Waals surface area contributed by atoms with Gasteiger partial charge in [-0.05, 0) is 44.6 Å². The summed E-state index contributed by atoms with van der Waals surface area (Å²) in [5.74, 6) is -0.850. The number of benzene rings is 1. The molecule has 1 N–H and O–H groups in total. The highest BCUT2D eigenvalue weighted by Gasteiger charge is 2.28. The summed E-state index contributed by atoms with van der Waals surface area (Å²) in [5.41, 5.74) is 1.89. The number of aromatic nitrogens is 3. The third kappa shape index (κ3) is 3.55. The second-order valence-corrected chi connectivity index (χ2v) is 9.66. The second kappa shape index (κ2) is 8.86. The van der Waals surface area contributed by atoms with Gasteiger partial charge in [-0.2, -0.15) is 0 Å². The van der Waals surface area contributed by atoms with Crippen LogP contribution in [0.25, 0.3) is 27.7 Å². The fraction of sp³-hybridized carbons (Fsp3) is 0.423. The number of pyridine rings is 2. The number of para-hydroxylation sites is 2. The van der Waals surface area contributed by atoms with Gasteiger partial charge >= 0.3 is 0 Å². The third-order valence-corrected chi connectivity index (χ3v) is 7.57. The number of nitrogens with one attached hydrogen (secondary N) is 1. The number of anilines is 1. The number of amides is 1. The van der Waals surface area contributed by atoms with Crippen molar-refractivity contribution in [3.63, 3.8) is 0 Å². The van der Waals surface area contributed by atoms with Gasteiger partial charge in [0.15, 0.2) is 17.3 Å². The van der Waals surface area contributed by atoms with Crippen molar-refractivity contribution in [2.45, 2.75) is 18.9 Å². The van der Waals surface area contributed by atoms with E-state index in [1.165, 1.54) is 6.07 Å². The summed E-state index contributed by atoms with van der Waals surface area (Å²) in [6.07, 6.45) is 2.08. The van der Waals surface area contributed by atoms with E-state index in [-0.39, 0.29) is 22.8 Å². The normalized spacial score (nSPS) is 19.1. The first-order chi connectivity index (χ1) is 17.5. The minimum Gasteiger partial charge on any atom is -0.378 e. The molecule has 36 heavy (non-hydrogen) atoms. The Balaban J connectivity index is 1.58. The lowest BCUT2D eigenvalue weighted by molar-refractivity contribution is 0.0943. The second-order valence-electron chi connectivity index (χ2n) is 9.66. The van der Waals surface area contributed by atoms with E-state index in [9.17, 15) is 9.59 Å². The fourth-order valence-electron chi connectivity index (χ4n) is 5.59. The summed E-state index contributed by atoms with van der Waals surface area (Å²) in [4.78, 5) is 36.0. The lowest BCUT2D eigenvalue weighted by Crippen LogP contribution is -2.40. The van der Waals surface area contributed by atoms with Crippen LogP contribution in [0.1, 0.15) is 23.2 Å². The Hall–Kier alpha value is -3.50. The molecule has 2 aliphatic rings. The standard InChI is InChI=1S/C26H29FN6O3/c1-30-9-5-6-16(30)15-28-25(35)21-22(34)17-14-18(27)24(32-10-12-36-13-11-32)29-23(17)33-20-8-4-3-7-19(20)31(2)26(21)33/h3-4,7-8,14,16H,5-6,9-13,15H2,1-2H3,(H,28,35). The fourth-order valence-corrected chi connectivity index (χ4v) is 5.59. The third-order valence-electron chi connectivity index (χ3n) is 7.57. The highest BCUT2D eigenvalue weighted by atomic mass is 19.1. The van der Waals surface area contributed by atoms with Crippen LogP contribution in [0.5, 0.6) is 0 Å². The predicted octanol–water partition coefficient (Wildman–Crippen LogP) is 2.14. The van der Waals surface area contributed by atoms with E-state index in [2.05, 4.69) is 15.2 Å². The largest absolute Gasteiger partial charge is 0.378 e. The van der Waals surface area contributed by atoms with Crippen molar-refractivity contribution in [2.75, 3.05) is 51.3 Å². The number of likely N-dealkylation sites (N-methyl/N-ethyl adjacent to an activating group) is 1. The van der Waals surface area contributed by atoms with Crippen molar-refractivity contribution >= 4 is 39.4 Å². The van der Waals surface area contributed by atoms with Crippen LogP contribution in [0.4, 0.5) is 10.2 Å². The van der Waals surface area contributed by atoms with Crippen LogP contribution in [0.3, 0.4) is 0 Å². The van der Waals surface area contributed by atoms with Gasteiger partial charge in [-0.25, -0.2) is 9.37 Å². The lowest BCUT2D eigenvalue weighted by Gasteiger charge is -2.28. The molecule has 4 aromatic rings. The molecule has 2 fully saturated rings. The number of halogens is 1. The number of rotatable bonds is 4. The zero-order chi connectivity index (χ0) is 25.0. The van der Waals surface area contributed by atoms with Crippen molar-refractivity contribution in [3.8, 4) is 0 Å². The molecule has 10 heteroatoms. The number of likely N-dealkylation sites (tertiary alicyclic amines) is 1. The van der Waals surface area contributed by atoms with Crippen molar-refractivity contribution in [1.29, 1.82) is 0 Å². The summed E-state index contributed by atoms with van der Waals surface area (Å²) in [6, 6.07) is 9.11. The van der Waals surface area contributed by atoms with E-state index in [4.69, 9.17) is 4.74 Å². The van der Waals surface area contributed by atoms with Gasteiger partial charge in [-0.1, -0.05) is 12.1 Å². The first-order valence-electron chi connectivity index (χ1n) is 12.4. The van der Waals surface area contributed by atoms with Crippen molar-refractivity contribution in [1.82, 2.24) is 24.2 Å². The molecule has 188 valence electrons. The summed E-state index contributed by atoms with van der Waals surface area (Å²) >= 11 is 0. The first-order valence-corrected chi connectivity index (χ1v) is 12.4. The SMILES string of the molecule is CN1CCCC1CNC(=O)c1c(=O)c2cc(F)c(N3CCOCC3)nc2n2c3ccccc3n(C)c12. The number of morpholine rings is 1. The molecule has 2 saturated heterocycles. The van der Waals surface area contributed by atoms with E-state index in [1.54, 1.807) is 0 Å². The van der Waals surface area contributed by atoms with Gasteiger partial charge in [0.05, 0.1) is 29.6 Å². The van der Waals surface area contributed by atoms with E-state index < -0.39 is 17.2 Å². The molecule has 0 saturated carbocycles. The zero-order valence-corrected chi connectivity index (χ0v) is 20.5. The highest BCUT2D eigenvalue weighted by Crippen LogP contribution is 2.28. The Labute approximate surface area is 207 Å². The van der Waals surface area contributed by atoms with Crippen molar-refractivity contribution in [3.05, 3.63) is 51.9 Å². The maximum absolute atomic E-state index is 15.3. The minimum atomic E-state index is -0.583. The minimum absolute atomic E-state index is 0.00201. The molecule has 0 aliphatic carbocycles. The molecular formula is C26H29FN6O3. The van der Waals surface area contributed by atoms with Crippen LogP contribution < -0.4 is 15.6 Å². The molecule has 0 bridgehead atoms. The Kier molecular flexibility index (Phi) is 5.65. The van der Waals surface area contributed by atoms with Gasteiger partial charge in [0.1, 0.15) is 11.2 Å². The molecule has 3 aromatic heterocycles. The number of nitrogens with zero attached hydrogens (tertiary/aromatic N) is 5. The van der Waals surface area contributed by atoms with Crippen molar-refractivity contribution < 1.29 is 13.9 Å². The smallest absolute Gasteiger partial charge is 0.259 e. The van der Waals surface area contributed by atoms with Crippen LogP contribution in [0.15, 0.2) is 35.1 Å². The maximum atomic E-state index is 15.3. The summed E-state index contributed by atoms with van der Waals surface area (Å²) in [5, 5.41) is 3.06. The van der Waals surface area contributed by atoms with Crippen LogP contribution >= 0.6 is 0 Å². The van der Waals surface area contributed by atoms with Gasteiger partial charge in [0.25, 0.3) is 5.91 Å². The Morgan fingerprint density at radius 3 is 2.64 bits per heavy atom. The van der Waals surface area contributed by atoms with E-state index in [0.717, 1.165) is 30.4 Å². The summed E-state index contributed by atoms with van der Waals surface area (Å²) in [7, 11) is 3.87. The lowest BCUT2D eigenvalue weighted by atomic mass is 10.1. The van der Waals surface area contributed by atoms with Crippen LogP contribution in [0, 0.1) is 5.82 Å². The van der Waals surface area contributed by atoms with Crippen LogP contribution in [-0.2, 0) is 11.8 Å². The number of carbonyl (C=O) groups is 1. The molecule has 6 rings (SSSR count). The quantitative estimate of drug-likeness (QED) is 0.470. The maximum Gasteiger partial charge on any atom is 0.259 e. The summed E-state index contributed by atoms with van der Waals surface area (Å²) in [6.45, 7) is 3.43. The van der Waals surface area contributed by atoms with E-state index in [1.807, 2.05) is 52.2 Å². The Morgan fingerprint density at radius 2 is 1.92 bits per heavy atom. The number of ether oxygens (including phenoxy) is 1. The van der Waals surface area contributed by atoms with Gasteiger partial charge in [0, 0.05) is 32.7 Å². The predicted molar refractivity (Wildman–Crippen MR) is 136 cm³/mol. The molecule has 0 radical (unpaired) electrons. The van der Waals surface area contributed by atoms with E-state index in [0.29, 0.717) is 44.1 Å². The number of fused-ring (bicyclic) bond motifs is 5. The van der Waals surface area contributed by atoms with E-state index >= 15 is 4.39 Å². The first kappa shape index (κ1) is 22.9. The molecule has 1 atom stereocenters. The number of imidazole rings is 1. The molecule has 9 nitrogen and oxygen atoms in total. The van der Waals surface area contributed by atoms with Crippen LogP contribution in [0.2, 0.25) is 0 Å². The number of hydrogen-bond acceptors (Lipinski definition) is 6. The average molecular weight is 493 g/mol. The molecule has 1 amide bonds. The topological polar surface area (TPSA) is 84.1 Å². The Bertz CT molecular complexity index is 1550. The number of aryl methyl sites for hydroxylation is 1. The van der Waals surface area contributed by atoms with Gasteiger partial charge in [-0.3, -0.25) is 14.0 Å². The number of hydrogen-bond donors (Lipinski definition) is 1. The Morgan fingerprint density at radius 1 is 1.17 bits per heavy atom. The van der Waals surface area contributed by atoms with Gasteiger partial charge in [-0.15, -0.1) is 0 Å². The molecule has 5 heterocycles. The number of carbonyl (C=O) groups excluding carboxylic acids is 1. The monoisotopic (exact) mass is 492 g/mol. The summed E-state index contributed by atoms with van der Waals surface area (Å²) < 4.78 is 24.4. The molecule has 1 aromatic carbocycles. The molecular weight excluding hydrogens is 463 g/mol. The van der Waals surface area contributed by atoms with Crippen molar-refractivity contribution in [2.24, 2.45) is 7.05 Å². The van der Waals surface area contributed by atoms with Crippen LogP contribution in [-0.4, -0.2) is 77.2 Å². The van der Waals surface area contributed by atoms with Gasteiger partial charge in [0.2, 0.25) is 5.43 Å². The molecule has 0 spiro atoms. The molecule has 1 unspecified atom stereocenters. The zero-order valence-electron chi connectivity index (χ0n) is 20.5. The highest BCUT2D eigenvalue weighted by molar-refractivity contribution is 6.06. The average Bonchev–Trinajstić information content (AvgIpc) is 3.44. The van der Waals surface area contributed by atoms with Gasteiger partial charge < -0.3 is 24.4 Å².